The van der Waals surface area contributed by atoms with E-state index in [4.69, 9.17) is 9.73 Å². The zero-order valence-electron chi connectivity index (χ0n) is 15.9. The Hall–Kier alpha value is -0.890. The topological polar surface area (TPSA) is 36.9 Å². The Bertz CT molecular complexity index is 688. The Kier molecular flexibility index (Phi) is 5.40. The number of likely N-dealkylation sites (tertiary alicyclic amines) is 1. The second kappa shape index (κ2) is 7.50. The minimum Gasteiger partial charge on any atom is -0.374 e. The average Bonchev–Trinajstić information content (AvgIpc) is 3.00. The van der Waals surface area contributed by atoms with Crippen LogP contribution in [0.5, 0.6) is 0 Å². The highest BCUT2D eigenvalue weighted by Crippen LogP contribution is 2.49. The van der Waals surface area contributed by atoms with E-state index in [-0.39, 0.29) is 35.2 Å². The molecule has 1 saturated carbocycles. The Morgan fingerprint density at radius 1 is 1.19 bits per heavy atom. The van der Waals surface area contributed by atoms with Gasteiger partial charge >= 0.3 is 0 Å². The van der Waals surface area contributed by atoms with Crippen molar-refractivity contribution in [2.45, 2.75) is 50.2 Å². The van der Waals surface area contributed by atoms with E-state index in [0.29, 0.717) is 24.0 Å². The van der Waals surface area contributed by atoms with Gasteiger partial charge in [-0.15, -0.1) is 24.0 Å². The molecule has 6 heteroatoms. The maximum Gasteiger partial charge on any atom is 0.193 e. The molecule has 27 heavy (non-hydrogen) atoms. The maximum atomic E-state index is 13.2. The molecule has 0 aromatic heterocycles. The van der Waals surface area contributed by atoms with E-state index in [2.05, 4.69) is 17.1 Å². The molecule has 2 bridgehead atoms. The third-order valence-electron chi connectivity index (χ3n) is 6.93. The minimum atomic E-state index is -0.165. The molecule has 1 aromatic rings. The quantitative estimate of drug-likeness (QED) is 0.403. The van der Waals surface area contributed by atoms with Gasteiger partial charge in [-0.25, -0.2) is 4.39 Å². The van der Waals surface area contributed by atoms with E-state index < -0.39 is 0 Å². The summed E-state index contributed by atoms with van der Waals surface area (Å²) >= 11 is 0. The fourth-order valence-electron chi connectivity index (χ4n) is 5.28. The van der Waals surface area contributed by atoms with Gasteiger partial charge in [0.15, 0.2) is 5.96 Å². The first-order chi connectivity index (χ1) is 12.7. The van der Waals surface area contributed by atoms with E-state index in [1.54, 1.807) is 12.1 Å². The van der Waals surface area contributed by atoms with Crippen LogP contribution in [0.1, 0.15) is 38.2 Å². The number of nitrogens with one attached hydrogen (secondary N) is 1. The van der Waals surface area contributed by atoms with Crippen molar-refractivity contribution in [1.82, 2.24) is 10.2 Å². The van der Waals surface area contributed by atoms with Crippen LogP contribution in [0, 0.1) is 17.7 Å². The molecule has 5 rings (SSSR count). The third-order valence-corrected chi connectivity index (χ3v) is 6.93. The SMILES string of the molecule is CCNC(=NCC1(c2ccc(F)cc2)CC1)N1CC2C3CCC(O3)C2C1.I. The van der Waals surface area contributed by atoms with Crippen molar-refractivity contribution < 1.29 is 9.13 Å². The summed E-state index contributed by atoms with van der Waals surface area (Å²) in [6, 6.07) is 7.00. The lowest BCUT2D eigenvalue weighted by Gasteiger charge is -2.24. The molecule has 4 aliphatic rings. The molecule has 4 fully saturated rings. The van der Waals surface area contributed by atoms with E-state index in [1.807, 2.05) is 12.1 Å². The highest BCUT2D eigenvalue weighted by atomic mass is 127. The van der Waals surface area contributed by atoms with Gasteiger partial charge in [-0.1, -0.05) is 12.1 Å². The molecular formula is C21H29FIN3O. The third kappa shape index (κ3) is 3.48. The maximum absolute atomic E-state index is 13.2. The highest BCUT2D eigenvalue weighted by Gasteiger charge is 2.53. The molecule has 0 spiro atoms. The van der Waals surface area contributed by atoms with Gasteiger partial charge in [0.05, 0.1) is 18.8 Å². The van der Waals surface area contributed by atoms with Gasteiger partial charge in [-0.05, 0) is 50.3 Å². The summed E-state index contributed by atoms with van der Waals surface area (Å²) in [6.45, 7) is 5.95. The number of halogens is 2. The lowest BCUT2D eigenvalue weighted by Crippen LogP contribution is -2.41. The number of rotatable bonds is 4. The van der Waals surface area contributed by atoms with Crippen molar-refractivity contribution >= 4 is 29.9 Å². The van der Waals surface area contributed by atoms with Crippen LogP contribution in [0.2, 0.25) is 0 Å². The van der Waals surface area contributed by atoms with Crippen LogP contribution in [-0.2, 0) is 10.2 Å². The van der Waals surface area contributed by atoms with Crippen molar-refractivity contribution in [3.8, 4) is 0 Å². The summed E-state index contributed by atoms with van der Waals surface area (Å²) in [5, 5.41) is 3.50. The van der Waals surface area contributed by atoms with Crippen LogP contribution in [0.3, 0.4) is 0 Å². The first kappa shape index (κ1) is 19.4. The summed E-state index contributed by atoms with van der Waals surface area (Å²) in [5.74, 6) is 2.26. The highest BCUT2D eigenvalue weighted by molar-refractivity contribution is 14.0. The summed E-state index contributed by atoms with van der Waals surface area (Å²) < 4.78 is 19.3. The molecule has 4 nitrogen and oxygen atoms in total. The number of aliphatic imine (C=N–C) groups is 1. The zero-order valence-corrected chi connectivity index (χ0v) is 18.2. The predicted octanol–water partition coefficient (Wildman–Crippen LogP) is 3.55. The molecule has 1 aromatic carbocycles. The van der Waals surface area contributed by atoms with E-state index >= 15 is 0 Å². The molecule has 4 atom stereocenters. The molecule has 3 saturated heterocycles. The number of guanidine groups is 1. The second-order valence-corrected chi connectivity index (χ2v) is 8.48. The van der Waals surface area contributed by atoms with Gasteiger partial charge in [-0.3, -0.25) is 4.99 Å². The lowest BCUT2D eigenvalue weighted by molar-refractivity contribution is 0.0767. The number of nitrogens with zero attached hydrogens (tertiary/aromatic N) is 2. The second-order valence-electron chi connectivity index (χ2n) is 8.48. The average molecular weight is 485 g/mol. The van der Waals surface area contributed by atoms with Crippen molar-refractivity contribution in [2.24, 2.45) is 16.8 Å². The number of hydrogen-bond acceptors (Lipinski definition) is 2. The van der Waals surface area contributed by atoms with Crippen LogP contribution >= 0.6 is 24.0 Å². The standard InChI is InChI=1S/C21H28FN3O.HI/c1-2-23-20(25-11-16-17(12-25)19-8-7-18(16)26-19)24-13-21(9-10-21)14-3-5-15(22)6-4-14;/h3-6,16-19H,2,7-13H2,1H3,(H,23,24);1H. The van der Waals surface area contributed by atoms with E-state index in [1.165, 1.54) is 18.4 Å². The van der Waals surface area contributed by atoms with Gasteiger partial charge in [-0.2, -0.15) is 0 Å². The van der Waals surface area contributed by atoms with Crippen molar-refractivity contribution in [3.63, 3.8) is 0 Å². The van der Waals surface area contributed by atoms with Gasteiger partial charge < -0.3 is 15.0 Å². The van der Waals surface area contributed by atoms with Gasteiger partial charge in [0.1, 0.15) is 5.82 Å². The number of hydrogen-bond donors (Lipinski definition) is 1. The molecule has 4 unspecified atom stereocenters. The van der Waals surface area contributed by atoms with Gasteiger partial charge in [0.2, 0.25) is 0 Å². The van der Waals surface area contributed by atoms with Crippen molar-refractivity contribution in [2.75, 3.05) is 26.2 Å². The Morgan fingerprint density at radius 2 is 1.81 bits per heavy atom. The lowest BCUT2D eigenvalue weighted by atomic mass is 9.82. The first-order valence-electron chi connectivity index (χ1n) is 10.1. The summed E-state index contributed by atoms with van der Waals surface area (Å²) in [4.78, 5) is 7.47. The Morgan fingerprint density at radius 3 is 2.37 bits per heavy atom. The summed E-state index contributed by atoms with van der Waals surface area (Å²) in [5.41, 5.74) is 1.34. The molecule has 0 radical (unpaired) electrons. The van der Waals surface area contributed by atoms with E-state index in [9.17, 15) is 4.39 Å². The first-order valence-corrected chi connectivity index (χ1v) is 10.1. The smallest absolute Gasteiger partial charge is 0.193 e. The molecule has 1 N–H and O–H groups in total. The minimum absolute atomic E-state index is 0. The van der Waals surface area contributed by atoms with Crippen LogP contribution in [0.4, 0.5) is 4.39 Å². The number of ether oxygens (including phenoxy) is 1. The monoisotopic (exact) mass is 485 g/mol. The fraction of sp³-hybridized carbons (Fsp3) is 0.667. The van der Waals surface area contributed by atoms with Crippen LogP contribution in [0.25, 0.3) is 0 Å². The number of fused-ring (bicyclic) bond motifs is 5. The largest absolute Gasteiger partial charge is 0.374 e. The zero-order chi connectivity index (χ0) is 17.7. The Labute approximate surface area is 178 Å². The number of benzene rings is 1. The van der Waals surface area contributed by atoms with E-state index in [0.717, 1.165) is 45.0 Å². The van der Waals surface area contributed by atoms with Crippen molar-refractivity contribution in [3.05, 3.63) is 35.6 Å². The van der Waals surface area contributed by atoms with Crippen LogP contribution < -0.4 is 5.32 Å². The molecule has 148 valence electrons. The molecule has 3 heterocycles. The molecule has 3 aliphatic heterocycles. The predicted molar refractivity (Wildman–Crippen MR) is 115 cm³/mol. The fourth-order valence-corrected chi connectivity index (χ4v) is 5.28. The summed E-state index contributed by atoms with van der Waals surface area (Å²) in [6.07, 6.45) is 5.72. The van der Waals surface area contributed by atoms with Crippen molar-refractivity contribution in [1.29, 1.82) is 0 Å². The summed E-state index contributed by atoms with van der Waals surface area (Å²) in [7, 11) is 0. The molecular weight excluding hydrogens is 456 g/mol. The van der Waals surface area contributed by atoms with Crippen LogP contribution in [0.15, 0.2) is 29.3 Å². The van der Waals surface area contributed by atoms with Crippen LogP contribution in [-0.4, -0.2) is 49.2 Å². The normalized spacial score (nSPS) is 33.0. The molecule has 0 amide bonds. The van der Waals surface area contributed by atoms with Gasteiger partial charge in [0.25, 0.3) is 0 Å². The van der Waals surface area contributed by atoms with Gasteiger partial charge in [0, 0.05) is 36.9 Å². The molecule has 1 aliphatic carbocycles. The Balaban J connectivity index is 0.00000180.